The average molecular weight is 211 g/mol. The van der Waals surface area contributed by atoms with Gasteiger partial charge in [0.15, 0.2) is 0 Å². The molecule has 0 aliphatic heterocycles. The third kappa shape index (κ3) is 7.95. The molecule has 0 rings (SSSR count). The fourth-order valence-corrected chi connectivity index (χ4v) is 1.18. The Labute approximate surface area is 92.0 Å². The Hall–Kier alpha value is -1.08. The Balaban J connectivity index is 3.67. The molecular formula is C11H21N3O. The molecule has 0 saturated heterocycles. The second kappa shape index (κ2) is 8.25. The highest BCUT2D eigenvalue weighted by Crippen LogP contribution is 1.96. The van der Waals surface area contributed by atoms with E-state index in [1.54, 1.807) is 0 Å². The van der Waals surface area contributed by atoms with Gasteiger partial charge in [-0.25, -0.2) is 0 Å². The largest absolute Gasteiger partial charge is 0.352 e. The molecule has 0 aliphatic rings. The first-order valence-electron chi connectivity index (χ1n) is 5.49. The minimum atomic E-state index is 0.00144. The van der Waals surface area contributed by atoms with Crippen molar-refractivity contribution in [2.75, 3.05) is 6.54 Å². The quantitative estimate of drug-likeness (QED) is 0.664. The predicted octanol–water partition coefficient (Wildman–Crippen LogP) is 1.18. The normalized spacial score (nSPS) is 12.2. The van der Waals surface area contributed by atoms with Crippen molar-refractivity contribution in [1.82, 2.24) is 10.6 Å². The van der Waals surface area contributed by atoms with Gasteiger partial charge in [-0.1, -0.05) is 20.8 Å². The predicted molar refractivity (Wildman–Crippen MR) is 60.2 cm³/mol. The van der Waals surface area contributed by atoms with Gasteiger partial charge in [0, 0.05) is 25.0 Å². The van der Waals surface area contributed by atoms with Gasteiger partial charge in [-0.05, 0) is 6.42 Å². The van der Waals surface area contributed by atoms with Crippen LogP contribution >= 0.6 is 0 Å². The van der Waals surface area contributed by atoms with Gasteiger partial charge >= 0.3 is 0 Å². The summed E-state index contributed by atoms with van der Waals surface area (Å²) >= 11 is 0. The second-order valence-electron chi connectivity index (χ2n) is 3.89. The van der Waals surface area contributed by atoms with E-state index in [0.717, 1.165) is 6.42 Å². The molecule has 0 aliphatic carbocycles. The van der Waals surface area contributed by atoms with Crippen LogP contribution in [0.1, 0.15) is 40.0 Å². The summed E-state index contributed by atoms with van der Waals surface area (Å²) in [4.78, 5) is 11.4. The Kier molecular flexibility index (Phi) is 7.65. The minimum absolute atomic E-state index is 0.00144. The number of amides is 1. The Bertz CT molecular complexity index is 220. The first kappa shape index (κ1) is 13.9. The summed E-state index contributed by atoms with van der Waals surface area (Å²) in [5, 5.41) is 14.5. The van der Waals surface area contributed by atoms with Crippen molar-refractivity contribution in [2.45, 2.75) is 52.1 Å². The fourth-order valence-electron chi connectivity index (χ4n) is 1.18. The number of nitrogens with zero attached hydrogens (tertiary/aromatic N) is 1. The molecule has 0 saturated carbocycles. The van der Waals surface area contributed by atoms with Crippen LogP contribution < -0.4 is 10.6 Å². The van der Waals surface area contributed by atoms with Crippen molar-refractivity contribution in [3.63, 3.8) is 0 Å². The minimum Gasteiger partial charge on any atom is -0.352 e. The van der Waals surface area contributed by atoms with Crippen molar-refractivity contribution in [2.24, 2.45) is 0 Å². The van der Waals surface area contributed by atoms with E-state index in [2.05, 4.69) is 16.7 Å². The highest BCUT2D eigenvalue weighted by atomic mass is 16.1. The number of hydrogen-bond donors (Lipinski definition) is 2. The zero-order valence-electron chi connectivity index (χ0n) is 9.84. The summed E-state index contributed by atoms with van der Waals surface area (Å²) in [6.45, 7) is 6.74. The van der Waals surface area contributed by atoms with Gasteiger partial charge in [-0.15, -0.1) is 0 Å². The molecule has 0 heterocycles. The fraction of sp³-hybridized carbons (Fsp3) is 0.818. The van der Waals surface area contributed by atoms with Crippen LogP contribution in [0.25, 0.3) is 0 Å². The van der Waals surface area contributed by atoms with Crippen LogP contribution in [0.2, 0.25) is 0 Å². The number of carbonyl (C=O) groups is 1. The highest BCUT2D eigenvalue weighted by molar-refractivity contribution is 5.76. The maximum absolute atomic E-state index is 11.4. The van der Waals surface area contributed by atoms with Crippen molar-refractivity contribution in [3.8, 4) is 6.07 Å². The lowest BCUT2D eigenvalue weighted by Crippen LogP contribution is -2.36. The van der Waals surface area contributed by atoms with Gasteiger partial charge in [0.05, 0.1) is 12.5 Å². The van der Waals surface area contributed by atoms with E-state index in [4.69, 9.17) is 5.26 Å². The summed E-state index contributed by atoms with van der Waals surface area (Å²) in [7, 11) is 0. The number of carbonyl (C=O) groups excluding carboxylic acids is 1. The second-order valence-corrected chi connectivity index (χ2v) is 3.89. The molecule has 1 amide bonds. The molecule has 0 spiro atoms. The molecule has 2 N–H and O–H groups in total. The number of nitrogens with one attached hydrogen (secondary N) is 2. The maximum Gasteiger partial charge on any atom is 0.221 e. The summed E-state index contributed by atoms with van der Waals surface area (Å²) in [6.07, 6.45) is 1.66. The lowest BCUT2D eigenvalue weighted by Gasteiger charge is -2.14. The van der Waals surface area contributed by atoms with Gasteiger partial charge in [-0.3, -0.25) is 4.79 Å². The molecule has 86 valence electrons. The van der Waals surface area contributed by atoms with E-state index in [0.29, 0.717) is 25.4 Å². The Morgan fingerprint density at radius 1 is 1.47 bits per heavy atom. The lowest BCUT2D eigenvalue weighted by molar-refractivity contribution is -0.121. The van der Waals surface area contributed by atoms with Crippen LogP contribution in [0.3, 0.4) is 0 Å². The van der Waals surface area contributed by atoms with Crippen LogP contribution in [-0.2, 0) is 4.79 Å². The molecule has 4 heteroatoms. The number of rotatable bonds is 7. The number of nitriles is 1. The van der Waals surface area contributed by atoms with Crippen molar-refractivity contribution >= 4 is 5.91 Å². The van der Waals surface area contributed by atoms with E-state index in [-0.39, 0.29) is 11.9 Å². The third-order valence-electron chi connectivity index (χ3n) is 2.10. The van der Waals surface area contributed by atoms with Crippen LogP contribution in [-0.4, -0.2) is 24.5 Å². The Morgan fingerprint density at radius 3 is 2.60 bits per heavy atom. The van der Waals surface area contributed by atoms with Crippen molar-refractivity contribution in [3.05, 3.63) is 0 Å². The van der Waals surface area contributed by atoms with Gasteiger partial charge in [-0.2, -0.15) is 5.26 Å². The summed E-state index contributed by atoms with van der Waals surface area (Å²) in [6, 6.07) is 2.47. The Morgan fingerprint density at radius 2 is 2.13 bits per heavy atom. The standard InChI is InChI=1S/C11H21N3O/c1-4-10(5-7-12)14-11(15)6-8-13-9(2)3/h9-10,13H,4-6,8H2,1-3H3,(H,14,15). The monoisotopic (exact) mass is 211 g/mol. The van der Waals surface area contributed by atoms with Crippen molar-refractivity contribution < 1.29 is 4.79 Å². The van der Waals surface area contributed by atoms with Gasteiger partial charge in [0.1, 0.15) is 0 Å². The molecule has 0 radical (unpaired) electrons. The van der Waals surface area contributed by atoms with Crippen LogP contribution in [0.15, 0.2) is 0 Å². The molecule has 0 fully saturated rings. The van der Waals surface area contributed by atoms with Crippen molar-refractivity contribution in [1.29, 1.82) is 5.26 Å². The van der Waals surface area contributed by atoms with Crippen LogP contribution in [0.4, 0.5) is 0 Å². The molecule has 4 nitrogen and oxygen atoms in total. The molecule has 0 aromatic carbocycles. The first-order valence-corrected chi connectivity index (χ1v) is 5.49. The van der Waals surface area contributed by atoms with E-state index < -0.39 is 0 Å². The highest BCUT2D eigenvalue weighted by Gasteiger charge is 2.09. The lowest BCUT2D eigenvalue weighted by atomic mass is 10.1. The SMILES string of the molecule is CCC(CC#N)NC(=O)CCNC(C)C. The van der Waals surface area contributed by atoms with Gasteiger partial charge in [0.2, 0.25) is 5.91 Å². The molecule has 0 aromatic heterocycles. The van der Waals surface area contributed by atoms with E-state index in [9.17, 15) is 4.79 Å². The van der Waals surface area contributed by atoms with Gasteiger partial charge in [0.25, 0.3) is 0 Å². The van der Waals surface area contributed by atoms with Gasteiger partial charge < -0.3 is 10.6 Å². The molecular weight excluding hydrogens is 190 g/mol. The first-order chi connectivity index (χ1) is 7.10. The zero-order valence-corrected chi connectivity index (χ0v) is 9.84. The summed E-state index contributed by atoms with van der Waals surface area (Å²) < 4.78 is 0. The zero-order chi connectivity index (χ0) is 11.7. The topological polar surface area (TPSA) is 64.9 Å². The summed E-state index contributed by atoms with van der Waals surface area (Å²) in [5.74, 6) is 0.0188. The summed E-state index contributed by atoms with van der Waals surface area (Å²) in [5.41, 5.74) is 0. The van der Waals surface area contributed by atoms with Crippen LogP contribution in [0.5, 0.6) is 0 Å². The molecule has 1 atom stereocenters. The van der Waals surface area contributed by atoms with E-state index >= 15 is 0 Å². The molecule has 1 unspecified atom stereocenters. The number of hydrogen-bond acceptors (Lipinski definition) is 3. The maximum atomic E-state index is 11.4. The smallest absolute Gasteiger partial charge is 0.221 e. The van der Waals surface area contributed by atoms with E-state index in [1.807, 2.05) is 20.8 Å². The molecule has 0 bridgehead atoms. The molecule has 0 aromatic rings. The van der Waals surface area contributed by atoms with E-state index in [1.165, 1.54) is 0 Å². The van der Waals surface area contributed by atoms with Crippen LogP contribution in [0, 0.1) is 11.3 Å². The third-order valence-corrected chi connectivity index (χ3v) is 2.10. The molecule has 15 heavy (non-hydrogen) atoms. The average Bonchev–Trinajstić information content (AvgIpc) is 2.16.